The zero-order valence-corrected chi connectivity index (χ0v) is 17.8. The van der Waals surface area contributed by atoms with Gasteiger partial charge in [0.1, 0.15) is 0 Å². The van der Waals surface area contributed by atoms with Gasteiger partial charge >= 0.3 is 0 Å². The molecule has 4 rings (SSSR count). The molecule has 5 nitrogen and oxygen atoms in total. The number of nitrogens with zero attached hydrogens (tertiary/aromatic N) is 2. The topological polar surface area (TPSA) is 54.5 Å². The molecule has 0 saturated carbocycles. The van der Waals surface area contributed by atoms with Gasteiger partial charge in [-0.3, -0.25) is 9.78 Å². The normalized spacial score (nSPS) is 19.3. The number of likely N-dealkylation sites (tertiary alicyclic amines) is 1. The molecule has 0 aliphatic carbocycles. The average Bonchev–Trinajstić information content (AvgIpc) is 2.81. The van der Waals surface area contributed by atoms with E-state index in [-0.39, 0.29) is 11.3 Å². The molecule has 5 heteroatoms. The molecule has 0 atom stereocenters. The molecular formula is C25H33N3O2. The van der Waals surface area contributed by atoms with Gasteiger partial charge in [0.05, 0.1) is 5.41 Å². The number of aromatic nitrogens is 1. The predicted molar refractivity (Wildman–Crippen MR) is 119 cm³/mol. The molecular weight excluding hydrogens is 374 g/mol. The average molecular weight is 408 g/mol. The van der Waals surface area contributed by atoms with E-state index in [4.69, 9.17) is 4.74 Å². The second kappa shape index (κ2) is 10.2. The number of benzene rings is 1. The van der Waals surface area contributed by atoms with Gasteiger partial charge in [0, 0.05) is 38.7 Å². The summed E-state index contributed by atoms with van der Waals surface area (Å²) < 4.78 is 5.59. The molecule has 1 N–H and O–H groups in total. The second-order valence-corrected chi connectivity index (χ2v) is 8.67. The molecule has 1 aromatic heterocycles. The van der Waals surface area contributed by atoms with Crippen LogP contribution in [-0.4, -0.2) is 55.2 Å². The fraction of sp³-hybridized carbons (Fsp3) is 0.520. The third-order valence-corrected chi connectivity index (χ3v) is 6.59. The summed E-state index contributed by atoms with van der Waals surface area (Å²) in [6.07, 6.45) is 9.90. The van der Waals surface area contributed by atoms with E-state index in [2.05, 4.69) is 45.5 Å². The summed E-state index contributed by atoms with van der Waals surface area (Å²) in [6, 6.07) is 12.6. The van der Waals surface area contributed by atoms with Crippen molar-refractivity contribution in [3.8, 4) is 11.1 Å². The van der Waals surface area contributed by atoms with Gasteiger partial charge in [-0.25, -0.2) is 0 Å². The largest absolute Gasteiger partial charge is 0.381 e. The molecule has 2 aromatic rings. The first-order valence-electron chi connectivity index (χ1n) is 11.3. The Labute approximate surface area is 179 Å². The van der Waals surface area contributed by atoms with Crippen LogP contribution in [0.25, 0.3) is 11.1 Å². The van der Waals surface area contributed by atoms with Crippen molar-refractivity contribution in [1.82, 2.24) is 15.2 Å². The van der Waals surface area contributed by atoms with Gasteiger partial charge in [0.25, 0.3) is 0 Å². The van der Waals surface area contributed by atoms with Crippen LogP contribution in [0.4, 0.5) is 0 Å². The summed E-state index contributed by atoms with van der Waals surface area (Å²) in [7, 11) is 0. The molecule has 30 heavy (non-hydrogen) atoms. The Bertz CT molecular complexity index is 795. The van der Waals surface area contributed by atoms with Gasteiger partial charge in [-0.15, -0.1) is 0 Å². The highest BCUT2D eigenvalue weighted by molar-refractivity contribution is 5.83. The lowest BCUT2D eigenvalue weighted by atomic mass is 9.74. The minimum absolute atomic E-state index is 0.194. The fourth-order valence-corrected chi connectivity index (χ4v) is 4.68. The summed E-state index contributed by atoms with van der Waals surface area (Å²) in [5.74, 6) is 0.194. The van der Waals surface area contributed by atoms with Gasteiger partial charge < -0.3 is 15.0 Å². The minimum atomic E-state index is -0.365. The molecule has 1 aromatic carbocycles. The lowest BCUT2D eigenvalue weighted by molar-refractivity contribution is -0.136. The highest BCUT2D eigenvalue weighted by Crippen LogP contribution is 2.35. The zero-order valence-electron chi connectivity index (χ0n) is 17.8. The van der Waals surface area contributed by atoms with E-state index in [0.717, 1.165) is 56.6 Å². The van der Waals surface area contributed by atoms with Crippen LogP contribution >= 0.6 is 0 Å². The summed E-state index contributed by atoms with van der Waals surface area (Å²) in [4.78, 5) is 19.9. The van der Waals surface area contributed by atoms with Crippen molar-refractivity contribution in [1.29, 1.82) is 0 Å². The van der Waals surface area contributed by atoms with Crippen molar-refractivity contribution in [3.63, 3.8) is 0 Å². The van der Waals surface area contributed by atoms with E-state index in [1.54, 1.807) is 6.20 Å². The van der Waals surface area contributed by atoms with Crippen LogP contribution in [0, 0.1) is 5.41 Å². The number of amides is 1. The number of ether oxygens (including phenoxy) is 1. The molecule has 0 bridgehead atoms. The highest BCUT2D eigenvalue weighted by atomic mass is 16.5. The van der Waals surface area contributed by atoms with Gasteiger partial charge in [-0.1, -0.05) is 36.8 Å². The Hall–Kier alpha value is -2.24. The third kappa shape index (κ3) is 5.27. The number of carbonyl (C=O) groups is 1. The maximum atomic E-state index is 13.3. The lowest BCUT2D eigenvalue weighted by Gasteiger charge is -2.36. The molecule has 3 heterocycles. The SMILES string of the molecule is O=C(NCCN1CCCCC1)C1(Cc2ccc(-c3cccnc3)cc2)CCOCC1. The number of piperidine rings is 1. The zero-order chi connectivity index (χ0) is 20.7. The highest BCUT2D eigenvalue weighted by Gasteiger charge is 2.39. The van der Waals surface area contributed by atoms with Crippen molar-refractivity contribution in [3.05, 3.63) is 54.4 Å². The van der Waals surface area contributed by atoms with Crippen LogP contribution in [0.5, 0.6) is 0 Å². The van der Waals surface area contributed by atoms with Gasteiger partial charge in [-0.05, 0) is 68.0 Å². The molecule has 2 aliphatic heterocycles. The smallest absolute Gasteiger partial charge is 0.226 e. The van der Waals surface area contributed by atoms with Crippen LogP contribution in [0.2, 0.25) is 0 Å². The molecule has 0 unspecified atom stereocenters. The third-order valence-electron chi connectivity index (χ3n) is 6.59. The Morgan fingerprint density at radius 3 is 2.50 bits per heavy atom. The minimum Gasteiger partial charge on any atom is -0.381 e. The number of carbonyl (C=O) groups excluding carboxylic acids is 1. The maximum absolute atomic E-state index is 13.3. The standard InChI is InChI=1S/C25H33N3O2/c29-24(27-13-16-28-14-2-1-3-15-28)25(10-17-30-18-11-25)19-21-6-8-22(9-7-21)23-5-4-12-26-20-23/h4-9,12,20H,1-3,10-11,13-19H2,(H,27,29). The van der Waals surface area contributed by atoms with E-state index in [1.165, 1.54) is 24.8 Å². The molecule has 2 aliphatic rings. The number of pyridine rings is 1. The first kappa shape index (κ1) is 21.0. The molecule has 0 spiro atoms. The van der Waals surface area contributed by atoms with Crippen LogP contribution in [0.1, 0.15) is 37.7 Å². The lowest BCUT2D eigenvalue weighted by Crippen LogP contribution is -2.48. The summed E-state index contributed by atoms with van der Waals surface area (Å²) in [6.45, 7) is 5.34. The molecule has 160 valence electrons. The molecule has 2 saturated heterocycles. The van der Waals surface area contributed by atoms with Gasteiger partial charge in [0.15, 0.2) is 0 Å². The summed E-state index contributed by atoms with van der Waals surface area (Å²) >= 11 is 0. The number of nitrogens with one attached hydrogen (secondary N) is 1. The van der Waals surface area contributed by atoms with Crippen LogP contribution in [0.15, 0.2) is 48.8 Å². The Kier molecular flexibility index (Phi) is 7.13. The van der Waals surface area contributed by atoms with Crippen LogP contribution < -0.4 is 5.32 Å². The van der Waals surface area contributed by atoms with E-state index < -0.39 is 0 Å². The predicted octanol–water partition coefficient (Wildman–Crippen LogP) is 3.69. The monoisotopic (exact) mass is 407 g/mol. The van der Waals surface area contributed by atoms with Gasteiger partial charge in [0.2, 0.25) is 5.91 Å². The second-order valence-electron chi connectivity index (χ2n) is 8.67. The summed E-state index contributed by atoms with van der Waals surface area (Å²) in [5, 5.41) is 3.25. The van der Waals surface area contributed by atoms with Crippen molar-refractivity contribution >= 4 is 5.91 Å². The molecule has 1 amide bonds. The molecule has 2 fully saturated rings. The first-order valence-corrected chi connectivity index (χ1v) is 11.3. The number of hydrogen-bond donors (Lipinski definition) is 1. The Morgan fingerprint density at radius 1 is 1.03 bits per heavy atom. The Morgan fingerprint density at radius 2 is 1.80 bits per heavy atom. The van der Waals surface area contributed by atoms with Crippen molar-refractivity contribution in [2.75, 3.05) is 39.4 Å². The number of rotatable bonds is 7. The summed E-state index contributed by atoms with van der Waals surface area (Å²) in [5.41, 5.74) is 3.10. The number of hydrogen-bond acceptors (Lipinski definition) is 4. The fourth-order valence-electron chi connectivity index (χ4n) is 4.68. The molecule has 0 radical (unpaired) electrons. The van der Waals surface area contributed by atoms with Crippen molar-refractivity contribution in [2.24, 2.45) is 5.41 Å². The quantitative estimate of drug-likeness (QED) is 0.761. The van der Waals surface area contributed by atoms with Gasteiger partial charge in [-0.2, -0.15) is 0 Å². The maximum Gasteiger partial charge on any atom is 0.226 e. The van der Waals surface area contributed by atoms with E-state index >= 15 is 0 Å². The van der Waals surface area contributed by atoms with Crippen LogP contribution in [0.3, 0.4) is 0 Å². The van der Waals surface area contributed by atoms with E-state index in [9.17, 15) is 4.79 Å². The van der Waals surface area contributed by atoms with E-state index in [1.807, 2.05) is 12.3 Å². The first-order chi connectivity index (χ1) is 14.8. The van der Waals surface area contributed by atoms with Crippen molar-refractivity contribution < 1.29 is 9.53 Å². The Balaban J connectivity index is 1.39. The van der Waals surface area contributed by atoms with Crippen molar-refractivity contribution in [2.45, 2.75) is 38.5 Å². The van der Waals surface area contributed by atoms with E-state index in [0.29, 0.717) is 13.2 Å². The van der Waals surface area contributed by atoms with Crippen LogP contribution in [-0.2, 0) is 16.0 Å².